The second kappa shape index (κ2) is 9.33. The van der Waals surface area contributed by atoms with Gasteiger partial charge in [0.05, 0.1) is 12.3 Å². The van der Waals surface area contributed by atoms with Crippen molar-refractivity contribution in [3.8, 4) is 17.2 Å². The third-order valence-corrected chi connectivity index (χ3v) is 4.40. The summed E-state index contributed by atoms with van der Waals surface area (Å²) in [7, 11) is 1.85. The van der Waals surface area contributed by atoms with Gasteiger partial charge in [0.1, 0.15) is 12.6 Å². The van der Waals surface area contributed by atoms with Crippen LogP contribution in [-0.2, 0) is 18.3 Å². The zero-order chi connectivity index (χ0) is 20.6. The van der Waals surface area contributed by atoms with E-state index in [1.54, 1.807) is 35.1 Å². The second-order valence-corrected chi connectivity index (χ2v) is 6.58. The Balaban J connectivity index is 1.80. The summed E-state index contributed by atoms with van der Waals surface area (Å²) < 4.78 is 1.72. The van der Waals surface area contributed by atoms with Crippen LogP contribution in [0, 0.1) is 11.3 Å². The number of aryl methyl sites for hydroxylation is 1. The van der Waals surface area contributed by atoms with Crippen molar-refractivity contribution in [1.82, 2.24) is 20.4 Å². The quantitative estimate of drug-likeness (QED) is 0.606. The lowest BCUT2D eigenvalue weighted by molar-refractivity contribution is -0.122. The summed E-state index contributed by atoms with van der Waals surface area (Å²) in [5.41, 5.74) is 3.29. The summed E-state index contributed by atoms with van der Waals surface area (Å²) in [4.78, 5) is 25.1. The molecule has 0 bridgehead atoms. The number of aromatic nitrogens is 2. The van der Waals surface area contributed by atoms with Crippen LogP contribution in [0.4, 0.5) is 0 Å². The molecular formula is C22H21N5O2. The fourth-order valence-corrected chi connectivity index (χ4v) is 2.97. The Hall–Kier alpha value is -3.92. The summed E-state index contributed by atoms with van der Waals surface area (Å²) in [6.45, 7) is -0.119. The molecule has 0 aliphatic heterocycles. The van der Waals surface area contributed by atoms with Crippen LogP contribution in [0.3, 0.4) is 0 Å². The Labute approximate surface area is 169 Å². The molecule has 1 atom stereocenters. The van der Waals surface area contributed by atoms with Gasteiger partial charge >= 0.3 is 0 Å². The van der Waals surface area contributed by atoms with E-state index in [4.69, 9.17) is 5.26 Å². The smallest absolute Gasteiger partial charge is 0.251 e. The highest BCUT2D eigenvalue weighted by atomic mass is 16.2. The molecule has 1 heterocycles. The number of amides is 2. The largest absolute Gasteiger partial charge is 0.341 e. The second-order valence-electron chi connectivity index (χ2n) is 6.58. The van der Waals surface area contributed by atoms with Gasteiger partial charge in [0, 0.05) is 30.8 Å². The third kappa shape index (κ3) is 5.30. The summed E-state index contributed by atoms with van der Waals surface area (Å²) in [6, 6.07) is 17.5. The first-order chi connectivity index (χ1) is 14.1. The van der Waals surface area contributed by atoms with Crippen LogP contribution in [0.25, 0.3) is 11.1 Å². The van der Waals surface area contributed by atoms with Gasteiger partial charge in [-0.05, 0) is 23.3 Å². The highest BCUT2D eigenvalue weighted by molar-refractivity contribution is 5.97. The average Bonchev–Trinajstić information content (AvgIpc) is 3.18. The van der Waals surface area contributed by atoms with Crippen molar-refractivity contribution in [3.05, 3.63) is 78.1 Å². The SMILES string of the molecule is Cn1cc(-c2cccc(C[C@H](NC(=O)c3ccccc3)C(=O)NCC#N)c2)cn1. The first kappa shape index (κ1) is 19.8. The standard InChI is InChI=1S/C22H21N5O2/c1-27-15-19(14-25-27)18-9-5-6-16(12-18)13-20(22(29)24-11-10-23)26-21(28)17-7-3-2-4-8-17/h2-9,12,14-15,20H,11,13H2,1H3,(H,24,29)(H,26,28)/t20-/m0/s1. The first-order valence-electron chi connectivity index (χ1n) is 9.15. The summed E-state index contributed by atoms with van der Waals surface area (Å²) in [5.74, 6) is -0.742. The number of carbonyl (C=O) groups excluding carboxylic acids is 2. The van der Waals surface area contributed by atoms with Gasteiger partial charge in [-0.25, -0.2) is 0 Å². The average molecular weight is 387 g/mol. The normalized spacial score (nSPS) is 11.3. The molecule has 2 amide bonds. The molecule has 0 unspecified atom stereocenters. The predicted molar refractivity (Wildman–Crippen MR) is 109 cm³/mol. The molecule has 2 N–H and O–H groups in total. The van der Waals surface area contributed by atoms with Gasteiger partial charge in [-0.3, -0.25) is 14.3 Å². The first-order valence-corrected chi connectivity index (χ1v) is 9.15. The van der Waals surface area contributed by atoms with Crippen LogP contribution >= 0.6 is 0 Å². The molecule has 0 saturated heterocycles. The highest BCUT2D eigenvalue weighted by Crippen LogP contribution is 2.20. The van der Waals surface area contributed by atoms with Gasteiger partial charge in [0.15, 0.2) is 0 Å². The molecule has 3 rings (SSSR count). The molecule has 146 valence electrons. The van der Waals surface area contributed by atoms with Crippen molar-refractivity contribution >= 4 is 11.8 Å². The van der Waals surface area contributed by atoms with E-state index in [0.29, 0.717) is 12.0 Å². The van der Waals surface area contributed by atoms with Crippen LogP contribution in [0.5, 0.6) is 0 Å². The molecule has 7 nitrogen and oxygen atoms in total. The monoisotopic (exact) mass is 387 g/mol. The van der Waals surface area contributed by atoms with E-state index in [9.17, 15) is 9.59 Å². The van der Waals surface area contributed by atoms with Crippen LogP contribution in [0.2, 0.25) is 0 Å². The van der Waals surface area contributed by atoms with E-state index in [1.165, 1.54) is 0 Å². The van der Waals surface area contributed by atoms with Gasteiger partial charge < -0.3 is 10.6 Å². The lowest BCUT2D eigenvalue weighted by Crippen LogP contribution is -2.48. The number of hydrogen-bond acceptors (Lipinski definition) is 4. The number of benzene rings is 2. The van der Waals surface area contributed by atoms with Gasteiger partial charge in [-0.2, -0.15) is 10.4 Å². The van der Waals surface area contributed by atoms with Gasteiger partial charge in [-0.1, -0.05) is 42.5 Å². The maximum Gasteiger partial charge on any atom is 0.251 e. The van der Waals surface area contributed by atoms with Gasteiger partial charge in [0.2, 0.25) is 5.91 Å². The van der Waals surface area contributed by atoms with Crippen LogP contribution in [-0.4, -0.2) is 34.2 Å². The predicted octanol–water partition coefficient (Wildman–Crippen LogP) is 2.07. The molecule has 0 radical (unpaired) electrons. The molecule has 3 aromatic rings. The Kier molecular flexibility index (Phi) is 6.38. The fourth-order valence-electron chi connectivity index (χ4n) is 2.97. The van der Waals surface area contributed by atoms with Gasteiger partial charge in [-0.15, -0.1) is 0 Å². The Morgan fingerprint density at radius 2 is 1.93 bits per heavy atom. The minimum absolute atomic E-state index is 0.119. The van der Waals surface area contributed by atoms with Crippen molar-refractivity contribution in [2.24, 2.45) is 7.05 Å². The van der Waals surface area contributed by atoms with Crippen molar-refractivity contribution in [3.63, 3.8) is 0 Å². The van der Waals surface area contributed by atoms with Crippen LogP contribution in [0.1, 0.15) is 15.9 Å². The molecule has 1 aromatic heterocycles. The molecule has 0 saturated carbocycles. The number of rotatable bonds is 7. The highest BCUT2D eigenvalue weighted by Gasteiger charge is 2.22. The van der Waals surface area contributed by atoms with E-state index in [0.717, 1.165) is 16.7 Å². The Morgan fingerprint density at radius 1 is 1.14 bits per heavy atom. The van der Waals surface area contributed by atoms with E-state index >= 15 is 0 Å². The van der Waals surface area contributed by atoms with Crippen LogP contribution < -0.4 is 10.6 Å². The Bertz CT molecular complexity index is 1040. The van der Waals surface area contributed by atoms with Crippen molar-refractivity contribution in [2.75, 3.05) is 6.54 Å². The maximum atomic E-state index is 12.5. The van der Waals surface area contributed by atoms with Crippen molar-refractivity contribution < 1.29 is 9.59 Å². The molecular weight excluding hydrogens is 366 g/mol. The Morgan fingerprint density at radius 3 is 2.62 bits per heavy atom. The van der Waals surface area contributed by atoms with Gasteiger partial charge in [0.25, 0.3) is 5.91 Å². The fraction of sp³-hybridized carbons (Fsp3) is 0.182. The zero-order valence-electron chi connectivity index (χ0n) is 16.0. The number of nitrogens with one attached hydrogen (secondary N) is 2. The molecule has 0 spiro atoms. The summed E-state index contributed by atoms with van der Waals surface area (Å²) in [5, 5.41) is 18.2. The third-order valence-electron chi connectivity index (χ3n) is 4.40. The molecule has 0 aliphatic carbocycles. The van der Waals surface area contributed by atoms with Crippen molar-refractivity contribution in [2.45, 2.75) is 12.5 Å². The maximum absolute atomic E-state index is 12.5. The molecule has 7 heteroatoms. The minimum atomic E-state index is -0.805. The van der Waals surface area contributed by atoms with E-state index in [-0.39, 0.29) is 12.5 Å². The summed E-state index contributed by atoms with van der Waals surface area (Å²) in [6.07, 6.45) is 3.98. The lowest BCUT2D eigenvalue weighted by Gasteiger charge is -2.18. The minimum Gasteiger partial charge on any atom is -0.341 e. The number of nitriles is 1. The molecule has 29 heavy (non-hydrogen) atoms. The van der Waals surface area contributed by atoms with E-state index in [1.807, 2.05) is 49.6 Å². The topological polar surface area (TPSA) is 99.8 Å². The molecule has 0 fully saturated rings. The summed E-state index contributed by atoms with van der Waals surface area (Å²) >= 11 is 0. The molecule has 0 aliphatic rings. The number of carbonyl (C=O) groups is 2. The molecule has 2 aromatic carbocycles. The van der Waals surface area contributed by atoms with E-state index in [2.05, 4.69) is 15.7 Å². The van der Waals surface area contributed by atoms with Crippen molar-refractivity contribution in [1.29, 1.82) is 5.26 Å². The van der Waals surface area contributed by atoms with E-state index < -0.39 is 11.9 Å². The lowest BCUT2D eigenvalue weighted by atomic mass is 10.00. The number of hydrogen-bond donors (Lipinski definition) is 2. The zero-order valence-corrected chi connectivity index (χ0v) is 16.0. The van der Waals surface area contributed by atoms with Crippen LogP contribution in [0.15, 0.2) is 67.0 Å². The number of nitrogens with zero attached hydrogens (tertiary/aromatic N) is 3.